The van der Waals surface area contributed by atoms with Gasteiger partial charge in [-0.3, -0.25) is 4.79 Å². The van der Waals surface area contributed by atoms with Gasteiger partial charge in [0.15, 0.2) is 15.6 Å². The molecule has 1 aromatic rings. The first-order valence-electron chi connectivity index (χ1n) is 5.78. The number of benzene rings is 1. The van der Waals surface area contributed by atoms with Gasteiger partial charge in [0.05, 0.1) is 12.2 Å². The van der Waals surface area contributed by atoms with Crippen LogP contribution in [0.3, 0.4) is 0 Å². The molecule has 0 fully saturated rings. The van der Waals surface area contributed by atoms with Crippen molar-refractivity contribution in [2.45, 2.75) is 25.5 Å². The first-order chi connectivity index (χ1) is 8.61. The molecule has 0 saturated heterocycles. The Bertz CT molecular complexity index is 591. The average Bonchev–Trinajstić information content (AvgIpc) is 2.29. The predicted octanol–water partition coefficient (Wildman–Crippen LogP) is 2.85. The summed E-state index contributed by atoms with van der Waals surface area (Å²) in [5.41, 5.74) is 0.270. The van der Waals surface area contributed by atoms with Gasteiger partial charge in [-0.25, -0.2) is 8.42 Å². The van der Waals surface area contributed by atoms with Crippen LogP contribution < -0.4 is 4.74 Å². The van der Waals surface area contributed by atoms with Crippen molar-refractivity contribution in [2.24, 2.45) is 0 Å². The minimum absolute atomic E-state index is 0.270. The van der Waals surface area contributed by atoms with Crippen LogP contribution in [0, 0.1) is 0 Å². The van der Waals surface area contributed by atoms with E-state index in [4.69, 9.17) is 4.74 Å². The minimum atomic E-state index is -3.51. The van der Waals surface area contributed by atoms with Gasteiger partial charge in [0.25, 0.3) is 0 Å². The lowest BCUT2D eigenvalue weighted by atomic mass is 9.99. The molecule has 0 spiro atoms. The molecule has 0 bridgehead atoms. The van der Waals surface area contributed by atoms with E-state index in [-0.39, 0.29) is 5.56 Å². The molecule has 1 rings (SSSR count). The van der Waals surface area contributed by atoms with Crippen molar-refractivity contribution in [1.29, 1.82) is 0 Å². The minimum Gasteiger partial charge on any atom is -0.493 e. The summed E-state index contributed by atoms with van der Waals surface area (Å²) in [6, 6.07) is 4.98. The molecule has 0 saturated carbocycles. The van der Waals surface area contributed by atoms with Gasteiger partial charge in [-0.1, -0.05) is 15.9 Å². The number of hydrogen-bond acceptors (Lipinski definition) is 4. The number of hydrogen-bond donors (Lipinski definition) is 0. The third kappa shape index (κ3) is 3.36. The van der Waals surface area contributed by atoms with Crippen molar-refractivity contribution >= 4 is 31.6 Å². The van der Waals surface area contributed by atoms with Crippen molar-refractivity contribution in [3.8, 4) is 5.75 Å². The van der Waals surface area contributed by atoms with Crippen molar-refractivity contribution in [3.63, 3.8) is 0 Å². The maximum absolute atomic E-state index is 12.5. The summed E-state index contributed by atoms with van der Waals surface area (Å²) in [6.07, 6.45) is 1.06. The monoisotopic (exact) mass is 348 g/mol. The lowest BCUT2D eigenvalue weighted by molar-refractivity contribution is 0.0950. The zero-order chi connectivity index (χ0) is 14.8. The fourth-order valence-corrected chi connectivity index (χ4v) is 2.26. The molecule has 106 valence electrons. The number of ether oxygens (including phenoxy) is 1. The first-order valence-corrected chi connectivity index (χ1v) is 8.46. The number of halogens is 1. The molecular formula is C13H17BrO4S. The van der Waals surface area contributed by atoms with Gasteiger partial charge in [0.2, 0.25) is 0 Å². The van der Waals surface area contributed by atoms with Crippen molar-refractivity contribution < 1.29 is 17.9 Å². The Morgan fingerprint density at radius 2 is 1.95 bits per heavy atom. The van der Waals surface area contributed by atoms with Crippen LogP contribution in [-0.2, 0) is 9.84 Å². The van der Waals surface area contributed by atoms with E-state index in [1.54, 1.807) is 25.1 Å². The van der Waals surface area contributed by atoms with Crippen LogP contribution in [0.2, 0.25) is 0 Å². The zero-order valence-corrected chi connectivity index (χ0v) is 13.8. The molecule has 0 radical (unpaired) electrons. The Hall–Kier alpha value is -0.880. The van der Waals surface area contributed by atoms with E-state index in [9.17, 15) is 13.2 Å². The summed E-state index contributed by atoms with van der Waals surface area (Å²) in [4.78, 5) is 12.5. The molecule has 0 aromatic heterocycles. The molecule has 0 atom stereocenters. The fraction of sp³-hybridized carbons (Fsp3) is 0.462. The first kappa shape index (κ1) is 16.2. The highest BCUT2D eigenvalue weighted by Gasteiger charge is 2.40. The SMILES string of the molecule is CCOc1ccc(Br)cc1C(=O)C(C)(C)S(C)(=O)=O. The quantitative estimate of drug-likeness (QED) is 0.767. The fourth-order valence-electron chi connectivity index (χ4n) is 1.45. The van der Waals surface area contributed by atoms with E-state index in [0.29, 0.717) is 16.8 Å². The lowest BCUT2D eigenvalue weighted by Gasteiger charge is -2.22. The Morgan fingerprint density at radius 3 is 2.42 bits per heavy atom. The molecule has 0 amide bonds. The van der Waals surface area contributed by atoms with E-state index in [1.807, 2.05) is 0 Å². The molecule has 4 nitrogen and oxygen atoms in total. The van der Waals surface area contributed by atoms with Gasteiger partial charge in [0, 0.05) is 10.7 Å². The smallest absolute Gasteiger partial charge is 0.187 e. The topological polar surface area (TPSA) is 60.4 Å². The summed E-state index contributed by atoms with van der Waals surface area (Å²) < 4.78 is 28.1. The van der Waals surface area contributed by atoms with E-state index in [2.05, 4.69) is 15.9 Å². The van der Waals surface area contributed by atoms with Crippen molar-refractivity contribution in [3.05, 3.63) is 28.2 Å². The molecule has 0 aliphatic carbocycles. The number of carbonyl (C=O) groups excluding carboxylic acids is 1. The molecule has 1 aromatic carbocycles. The molecule has 0 N–H and O–H groups in total. The Balaban J connectivity index is 3.37. The number of sulfone groups is 1. The third-order valence-electron chi connectivity index (χ3n) is 2.96. The number of ketones is 1. The van der Waals surface area contributed by atoms with Gasteiger partial charge in [-0.15, -0.1) is 0 Å². The van der Waals surface area contributed by atoms with Crippen LogP contribution in [0.15, 0.2) is 22.7 Å². The van der Waals surface area contributed by atoms with Gasteiger partial charge < -0.3 is 4.74 Å². The van der Waals surface area contributed by atoms with E-state index in [0.717, 1.165) is 6.26 Å². The maximum atomic E-state index is 12.5. The summed E-state index contributed by atoms with van der Waals surface area (Å²) >= 11 is 3.28. The van der Waals surface area contributed by atoms with E-state index in [1.165, 1.54) is 13.8 Å². The number of rotatable bonds is 5. The molecule has 19 heavy (non-hydrogen) atoms. The second-order valence-electron chi connectivity index (χ2n) is 4.69. The van der Waals surface area contributed by atoms with E-state index >= 15 is 0 Å². The van der Waals surface area contributed by atoms with Crippen LogP contribution in [0.1, 0.15) is 31.1 Å². The summed E-state index contributed by atoms with van der Waals surface area (Å²) in [5.74, 6) is -0.0767. The normalized spacial score (nSPS) is 12.3. The summed E-state index contributed by atoms with van der Waals surface area (Å²) in [5, 5.41) is 0. The van der Waals surface area contributed by atoms with Crippen LogP contribution >= 0.6 is 15.9 Å². The van der Waals surface area contributed by atoms with Crippen molar-refractivity contribution in [2.75, 3.05) is 12.9 Å². The largest absolute Gasteiger partial charge is 0.493 e. The average molecular weight is 349 g/mol. The molecule has 0 heterocycles. The highest BCUT2D eigenvalue weighted by Crippen LogP contribution is 2.30. The zero-order valence-electron chi connectivity index (χ0n) is 11.4. The molecule has 0 unspecified atom stereocenters. The van der Waals surface area contributed by atoms with Gasteiger partial charge in [-0.05, 0) is 39.0 Å². The second-order valence-corrected chi connectivity index (χ2v) is 8.17. The Kier molecular flexibility index (Phi) is 4.79. The van der Waals surface area contributed by atoms with Gasteiger partial charge in [0.1, 0.15) is 10.5 Å². The summed E-state index contributed by atoms with van der Waals surface area (Å²) in [6.45, 7) is 5.02. The molecular weight excluding hydrogens is 332 g/mol. The molecule has 0 aliphatic heterocycles. The second kappa shape index (κ2) is 5.63. The highest BCUT2D eigenvalue weighted by molar-refractivity contribution is 9.10. The number of carbonyl (C=O) groups is 1. The van der Waals surface area contributed by atoms with Crippen LogP contribution in [0.5, 0.6) is 5.75 Å². The van der Waals surface area contributed by atoms with Crippen LogP contribution in [0.25, 0.3) is 0 Å². The van der Waals surface area contributed by atoms with Gasteiger partial charge >= 0.3 is 0 Å². The van der Waals surface area contributed by atoms with Crippen LogP contribution in [0.4, 0.5) is 0 Å². The highest BCUT2D eigenvalue weighted by atomic mass is 79.9. The Morgan fingerprint density at radius 1 is 1.37 bits per heavy atom. The lowest BCUT2D eigenvalue weighted by Crippen LogP contribution is -2.40. The Labute approximate surface area is 122 Å². The van der Waals surface area contributed by atoms with Crippen LogP contribution in [-0.4, -0.2) is 31.8 Å². The third-order valence-corrected chi connectivity index (χ3v) is 5.49. The summed E-state index contributed by atoms with van der Waals surface area (Å²) in [7, 11) is -3.51. The number of Topliss-reactive ketones (excluding diaryl/α,β-unsaturated/α-hetero) is 1. The van der Waals surface area contributed by atoms with Gasteiger partial charge in [-0.2, -0.15) is 0 Å². The standard InChI is InChI=1S/C13H17BrO4S/c1-5-18-11-7-6-9(14)8-10(11)12(15)13(2,3)19(4,16)17/h6-8H,5H2,1-4H3. The molecule has 0 aliphatic rings. The molecule has 6 heteroatoms. The predicted molar refractivity (Wildman–Crippen MR) is 78.6 cm³/mol. The van der Waals surface area contributed by atoms with E-state index < -0.39 is 20.4 Å². The maximum Gasteiger partial charge on any atom is 0.187 e. The van der Waals surface area contributed by atoms with Crippen molar-refractivity contribution in [1.82, 2.24) is 0 Å².